The Kier molecular flexibility index (Phi) is 3.68. The van der Waals surface area contributed by atoms with Crippen LogP contribution in [0.2, 0.25) is 0 Å². The summed E-state index contributed by atoms with van der Waals surface area (Å²) in [4.78, 5) is 4.24. The van der Waals surface area contributed by atoms with E-state index in [-0.39, 0.29) is 6.54 Å². The van der Waals surface area contributed by atoms with E-state index in [1.54, 1.807) is 7.11 Å². The van der Waals surface area contributed by atoms with Gasteiger partial charge in [0.1, 0.15) is 5.75 Å². The van der Waals surface area contributed by atoms with Crippen molar-refractivity contribution in [3.05, 3.63) is 27.6 Å². The molecule has 2 aromatic rings. The molecule has 0 saturated carbocycles. The van der Waals surface area contributed by atoms with Gasteiger partial charge in [0.25, 0.3) is 0 Å². The molecule has 0 atom stereocenters. The Morgan fingerprint density at radius 3 is 2.72 bits per heavy atom. The molecule has 0 saturated heterocycles. The van der Waals surface area contributed by atoms with Crippen LogP contribution in [0.4, 0.5) is 0 Å². The van der Waals surface area contributed by atoms with Crippen LogP contribution in [0.1, 0.15) is 17.0 Å². The molecule has 0 amide bonds. The normalized spacial score (nSPS) is 10.7. The van der Waals surface area contributed by atoms with Gasteiger partial charge in [0, 0.05) is 15.6 Å². The van der Waals surface area contributed by atoms with Crippen molar-refractivity contribution >= 4 is 15.9 Å². The van der Waals surface area contributed by atoms with Gasteiger partial charge in [-0.05, 0) is 25.5 Å². The molecule has 0 fully saturated rings. The van der Waals surface area contributed by atoms with Crippen LogP contribution < -0.4 is 10.5 Å². The second-order valence-corrected chi connectivity index (χ2v) is 4.78. The Labute approximate surface area is 113 Å². The van der Waals surface area contributed by atoms with Crippen molar-refractivity contribution in [1.29, 1.82) is 0 Å². The number of hydrogen-bond donors (Lipinski definition) is 1. The average Bonchev–Trinajstić information content (AvgIpc) is 2.77. The minimum atomic E-state index is 0.229. The second kappa shape index (κ2) is 5.07. The van der Waals surface area contributed by atoms with Gasteiger partial charge in [-0.2, -0.15) is 4.98 Å². The van der Waals surface area contributed by atoms with E-state index in [9.17, 15) is 0 Å². The molecule has 0 unspecified atom stereocenters. The third-order valence-corrected chi connectivity index (χ3v) is 3.35. The van der Waals surface area contributed by atoms with Gasteiger partial charge in [-0.3, -0.25) is 0 Å². The maximum atomic E-state index is 5.46. The quantitative estimate of drug-likeness (QED) is 0.943. The van der Waals surface area contributed by atoms with Gasteiger partial charge in [-0.1, -0.05) is 21.1 Å². The van der Waals surface area contributed by atoms with Crippen molar-refractivity contribution in [2.24, 2.45) is 5.73 Å². The maximum Gasteiger partial charge on any atom is 0.240 e. The van der Waals surface area contributed by atoms with Gasteiger partial charge in [0.15, 0.2) is 0 Å². The minimum Gasteiger partial charge on any atom is -0.496 e. The molecule has 0 spiro atoms. The predicted molar refractivity (Wildman–Crippen MR) is 71.4 cm³/mol. The SMILES string of the molecule is COc1c(C)cc(Br)c(-c2noc(CN)n2)c1C. The van der Waals surface area contributed by atoms with E-state index in [4.69, 9.17) is 15.0 Å². The Hall–Kier alpha value is -1.40. The van der Waals surface area contributed by atoms with Crippen molar-refractivity contribution in [1.82, 2.24) is 10.1 Å². The molecule has 5 nitrogen and oxygen atoms in total. The van der Waals surface area contributed by atoms with Gasteiger partial charge in [0.2, 0.25) is 11.7 Å². The Morgan fingerprint density at radius 2 is 2.17 bits per heavy atom. The average molecular weight is 312 g/mol. The van der Waals surface area contributed by atoms with Crippen LogP contribution in [0, 0.1) is 13.8 Å². The molecule has 18 heavy (non-hydrogen) atoms. The monoisotopic (exact) mass is 311 g/mol. The first-order valence-electron chi connectivity index (χ1n) is 5.45. The highest BCUT2D eigenvalue weighted by Gasteiger charge is 2.18. The van der Waals surface area contributed by atoms with Gasteiger partial charge < -0.3 is 15.0 Å². The van der Waals surface area contributed by atoms with Crippen LogP contribution in [0.25, 0.3) is 11.4 Å². The number of aromatic nitrogens is 2. The van der Waals surface area contributed by atoms with Crippen LogP contribution in [0.3, 0.4) is 0 Å². The summed E-state index contributed by atoms with van der Waals surface area (Å²) in [5, 5.41) is 3.93. The standard InChI is InChI=1S/C12H14BrN3O2/c1-6-4-8(13)10(7(2)11(6)17-3)12-15-9(5-14)18-16-12/h4H,5,14H2,1-3H3. The lowest BCUT2D eigenvalue weighted by atomic mass is 10.0. The number of rotatable bonds is 3. The van der Waals surface area contributed by atoms with E-state index in [1.165, 1.54) is 0 Å². The van der Waals surface area contributed by atoms with Crippen LogP contribution in [0.15, 0.2) is 15.1 Å². The molecular formula is C12H14BrN3O2. The van der Waals surface area contributed by atoms with Crippen molar-refractivity contribution in [2.75, 3.05) is 7.11 Å². The zero-order valence-electron chi connectivity index (χ0n) is 10.5. The van der Waals surface area contributed by atoms with E-state index in [1.807, 2.05) is 19.9 Å². The topological polar surface area (TPSA) is 74.2 Å². The van der Waals surface area contributed by atoms with Gasteiger partial charge in [-0.25, -0.2) is 0 Å². The Balaban J connectivity index is 2.63. The van der Waals surface area contributed by atoms with E-state index in [0.29, 0.717) is 11.7 Å². The van der Waals surface area contributed by atoms with Crippen molar-refractivity contribution in [3.63, 3.8) is 0 Å². The highest BCUT2D eigenvalue weighted by molar-refractivity contribution is 9.10. The molecule has 0 radical (unpaired) electrons. The smallest absolute Gasteiger partial charge is 0.240 e. The fourth-order valence-corrected chi connectivity index (χ4v) is 2.76. The fourth-order valence-electron chi connectivity index (χ4n) is 1.94. The number of hydrogen-bond acceptors (Lipinski definition) is 5. The summed E-state index contributed by atoms with van der Waals surface area (Å²) < 4.78 is 11.3. The van der Waals surface area contributed by atoms with Gasteiger partial charge in [0.05, 0.1) is 13.7 Å². The van der Waals surface area contributed by atoms with Crippen LogP contribution in [-0.4, -0.2) is 17.3 Å². The molecule has 1 heterocycles. The Bertz CT molecular complexity index is 581. The lowest BCUT2D eigenvalue weighted by Crippen LogP contribution is -1.98. The summed E-state index contributed by atoms with van der Waals surface area (Å²) in [6.45, 7) is 4.18. The molecule has 0 bridgehead atoms. The molecule has 2 N–H and O–H groups in total. The lowest BCUT2D eigenvalue weighted by molar-refractivity contribution is 0.380. The summed E-state index contributed by atoms with van der Waals surface area (Å²) in [5.74, 6) is 1.75. The first-order chi connectivity index (χ1) is 8.58. The zero-order valence-corrected chi connectivity index (χ0v) is 12.0. The number of nitrogens with zero attached hydrogens (tertiary/aromatic N) is 2. The first kappa shape index (κ1) is 13.0. The predicted octanol–water partition coefficient (Wildman–Crippen LogP) is 2.58. The highest BCUT2D eigenvalue weighted by Crippen LogP contribution is 2.37. The summed E-state index contributed by atoms with van der Waals surface area (Å²) in [6.07, 6.45) is 0. The zero-order chi connectivity index (χ0) is 13.3. The number of methoxy groups -OCH3 is 1. The third kappa shape index (κ3) is 2.13. The van der Waals surface area contributed by atoms with Gasteiger partial charge >= 0.3 is 0 Å². The summed E-state index contributed by atoms with van der Waals surface area (Å²) in [5.41, 5.74) is 8.34. The van der Waals surface area contributed by atoms with E-state index >= 15 is 0 Å². The molecular weight excluding hydrogens is 298 g/mol. The van der Waals surface area contributed by atoms with E-state index in [2.05, 4.69) is 26.1 Å². The largest absolute Gasteiger partial charge is 0.496 e. The molecule has 6 heteroatoms. The molecule has 2 rings (SSSR count). The first-order valence-corrected chi connectivity index (χ1v) is 6.24. The Morgan fingerprint density at radius 1 is 1.44 bits per heavy atom. The van der Waals surface area contributed by atoms with Crippen molar-refractivity contribution in [2.45, 2.75) is 20.4 Å². The van der Waals surface area contributed by atoms with E-state index < -0.39 is 0 Å². The highest BCUT2D eigenvalue weighted by atomic mass is 79.9. The van der Waals surface area contributed by atoms with Gasteiger partial charge in [-0.15, -0.1) is 0 Å². The molecule has 96 valence electrons. The minimum absolute atomic E-state index is 0.229. The lowest BCUT2D eigenvalue weighted by Gasteiger charge is -2.13. The van der Waals surface area contributed by atoms with Crippen LogP contribution in [-0.2, 0) is 6.54 Å². The molecule has 1 aromatic carbocycles. The number of benzene rings is 1. The van der Waals surface area contributed by atoms with Crippen molar-refractivity contribution < 1.29 is 9.26 Å². The van der Waals surface area contributed by atoms with E-state index in [0.717, 1.165) is 26.9 Å². The number of halogens is 1. The fraction of sp³-hybridized carbons (Fsp3) is 0.333. The molecule has 0 aliphatic carbocycles. The summed E-state index contributed by atoms with van der Waals surface area (Å²) in [6, 6.07) is 1.97. The van der Waals surface area contributed by atoms with Crippen molar-refractivity contribution in [3.8, 4) is 17.1 Å². The summed E-state index contributed by atoms with van der Waals surface area (Å²) in [7, 11) is 1.65. The van der Waals surface area contributed by atoms with Crippen LogP contribution >= 0.6 is 15.9 Å². The third-order valence-electron chi connectivity index (χ3n) is 2.73. The molecule has 0 aliphatic rings. The summed E-state index contributed by atoms with van der Waals surface area (Å²) >= 11 is 3.52. The number of nitrogens with two attached hydrogens (primary N) is 1. The molecule has 1 aromatic heterocycles. The second-order valence-electron chi connectivity index (χ2n) is 3.92. The maximum absolute atomic E-state index is 5.46. The van der Waals surface area contributed by atoms with Crippen LogP contribution in [0.5, 0.6) is 5.75 Å². The number of ether oxygens (including phenoxy) is 1. The molecule has 0 aliphatic heterocycles. The number of aryl methyl sites for hydroxylation is 1.